The van der Waals surface area contributed by atoms with E-state index in [-0.39, 0.29) is 6.10 Å². The van der Waals surface area contributed by atoms with E-state index in [4.69, 9.17) is 10.5 Å². The predicted octanol–water partition coefficient (Wildman–Crippen LogP) is 2.29. The fourth-order valence-corrected chi connectivity index (χ4v) is 2.06. The minimum atomic E-state index is 0.103. The topological polar surface area (TPSA) is 35.2 Å². The number of benzene rings is 1. The summed E-state index contributed by atoms with van der Waals surface area (Å²) in [5, 5.41) is 0. The third-order valence-electron chi connectivity index (χ3n) is 2.99. The van der Waals surface area contributed by atoms with E-state index >= 15 is 0 Å². The van der Waals surface area contributed by atoms with E-state index < -0.39 is 0 Å². The molecule has 0 saturated heterocycles. The summed E-state index contributed by atoms with van der Waals surface area (Å²) in [7, 11) is 0. The molecule has 2 heteroatoms. The van der Waals surface area contributed by atoms with Crippen molar-refractivity contribution in [3.8, 4) is 5.75 Å². The minimum absolute atomic E-state index is 0.103. The van der Waals surface area contributed by atoms with Crippen LogP contribution in [0.25, 0.3) is 0 Å². The largest absolute Gasteiger partial charge is 0.489 e. The van der Waals surface area contributed by atoms with Gasteiger partial charge in [0.15, 0.2) is 0 Å². The van der Waals surface area contributed by atoms with Crippen LogP contribution in [0.5, 0.6) is 5.75 Å². The Morgan fingerprint density at radius 3 is 2.73 bits per heavy atom. The number of nitrogens with two attached hydrogens (primary N) is 1. The van der Waals surface area contributed by atoms with E-state index in [1.54, 1.807) is 0 Å². The van der Waals surface area contributed by atoms with Gasteiger partial charge in [-0.15, -0.1) is 0 Å². The average molecular weight is 205 g/mol. The van der Waals surface area contributed by atoms with Crippen LogP contribution in [0.3, 0.4) is 0 Å². The van der Waals surface area contributed by atoms with Gasteiger partial charge in [-0.2, -0.15) is 0 Å². The molecular weight excluding hydrogens is 186 g/mol. The van der Waals surface area contributed by atoms with E-state index in [0.29, 0.717) is 6.54 Å². The van der Waals surface area contributed by atoms with E-state index in [0.717, 1.165) is 5.75 Å². The first-order chi connectivity index (χ1) is 7.29. The summed E-state index contributed by atoms with van der Waals surface area (Å²) in [5.74, 6) is 0.966. The summed E-state index contributed by atoms with van der Waals surface area (Å²) in [4.78, 5) is 0. The first-order valence-corrected chi connectivity index (χ1v) is 5.78. The van der Waals surface area contributed by atoms with Gasteiger partial charge < -0.3 is 10.5 Å². The lowest BCUT2D eigenvalue weighted by atomic mass is 9.92. The van der Waals surface area contributed by atoms with Gasteiger partial charge in [0, 0.05) is 6.54 Å². The van der Waals surface area contributed by atoms with Gasteiger partial charge in [0.2, 0.25) is 0 Å². The standard InChI is InChI=1S/C13H19NO/c1-10(9-14)15-13-7-6-11-4-2-3-5-12(11)8-13/h6-8,10H,2-5,9,14H2,1H3. The second-order valence-electron chi connectivity index (χ2n) is 4.30. The summed E-state index contributed by atoms with van der Waals surface area (Å²) in [6.07, 6.45) is 5.16. The Morgan fingerprint density at radius 1 is 1.27 bits per heavy atom. The molecule has 1 aliphatic carbocycles. The Balaban J connectivity index is 2.13. The van der Waals surface area contributed by atoms with Crippen LogP contribution in [0, 0.1) is 0 Å². The van der Waals surface area contributed by atoms with Gasteiger partial charge in [0.25, 0.3) is 0 Å². The smallest absolute Gasteiger partial charge is 0.120 e. The van der Waals surface area contributed by atoms with Gasteiger partial charge >= 0.3 is 0 Å². The first-order valence-electron chi connectivity index (χ1n) is 5.78. The fourth-order valence-electron chi connectivity index (χ4n) is 2.06. The lowest BCUT2D eigenvalue weighted by Crippen LogP contribution is -2.22. The van der Waals surface area contributed by atoms with Crippen molar-refractivity contribution in [2.24, 2.45) is 5.73 Å². The molecule has 0 amide bonds. The Labute approximate surface area is 91.4 Å². The highest BCUT2D eigenvalue weighted by Gasteiger charge is 2.10. The molecule has 82 valence electrons. The van der Waals surface area contributed by atoms with Crippen molar-refractivity contribution in [2.75, 3.05) is 6.54 Å². The Kier molecular flexibility index (Phi) is 3.27. The SMILES string of the molecule is CC(CN)Oc1ccc2c(c1)CCCC2. The molecule has 0 heterocycles. The third kappa shape index (κ3) is 2.51. The van der Waals surface area contributed by atoms with Crippen molar-refractivity contribution in [2.45, 2.75) is 38.7 Å². The van der Waals surface area contributed by atoms with Gasteiger partial charge in [-0.3, -0.25) is 0 Å². The summed E-state index contributed by atoms with van der Waals surface area (Å²) in [6, 6.07) is 6.45. The monoisotopic (exact) mass is 205 g/mol. The molecular formula is C13H19NO. The van der Waals surface area contributed by atoms with Crippen LogP contribution < -0.4 is 10.5 Å². The Bertz CT molecular complexity index is 335. The highest BCUT2D eigenvalue weighted by molar-refractivity contribution is 5.37. The summed E-state index contributed by atoms with van der Waals surface area (Å²) >= 11 is 0. The highest BCUT2D eigenvalue weighted by Crippen LogP contribution is 2.25. The Hall–Kier alpha value is -1.02. The second kappa shape index (κ2) is 4.67. The molecule has 1 aromatic carbocycles. The van der Waals surface area contributed by atoms with Crippen molar-refractivity contribution in [1.82, 2.24) is 0 Å². The van der Waals surface area contributed by atoms with Crippen LogP contribution in [0.15, 0.2) is 18.2 Å². The number of aryl methyl sites for hydroxylation is 2. The predicted molar refractivity (Wildman–Crippen MR) is 62.2 cm³/mol. The molecule has 0 bridgehead atoms. The lowest BCUT2D eigenvalue weighted by Gasteiger charge is -2.18. The van der Waals surface area contributed by atoms with Gasteiger partial charge in [-0.1, -0.05) is 6.07 Å². The molecule has 1 atom stereocenters. The van der Waals surface area contributed by atoms with Crippen molar-refractivity contribution < 1.29 is 4.74 Å². The van der Waals surface area contributed by atoms with Crippen LogP contribution in [0.1, 0.15) is 30.9 Å². The zero-order valence-corrected chi connectivity index (χ0v) is 9.33. The van der Waals surface area contributed by atoms with Crippen LogP contribution in [-0.4, -0.2) is 12.6 Å². The van der Waals surface area contributed by atoms with E-state index in [9.17, 15) is 0 Å². The number of fused-ring (bicyclic) bond motifs is 1. The quantitative estimate of drug-likeness (QED) is 0.821. The maximum atomic E-state index is 5.70. The van der Waals surface area contributed by atoms with Gasteiger partial charge in [0.05, 0.1) is 0 Å². The Morgan fingerprint density at radius 2 is 2.00 bits per heavy atom. The number of hydrogen-bond donors (Lipinski definition) is 1. The van der Waals surface area contributed by atoms with Crippen LogP contribution in [0.2, 0.25) is 0 Å². The normalized spacial score (nSPS) is 16.9. The maximum absolute atomic E-state index is 5.70. The fraction of sp³-hybridized carbons (Fsp3) is 0.538. The molecule has 0 spiro atoms. The van der Waals surface area contributed by atoms with Crippen molar-refractivity contribution in [3.05, 3.63) is 29.3 Å². The van der Waals surface area contributed by atoms with Crippen LogP contribution in [0.4, 0.5) is 0 Å². The van der Waals surface area contributed by atoms with E-state index in [1.165, 1.54) is 36.8 Å². The number of ether oxygens (including phenoxy) is 1. The molecule has 2 nitrogen and oxygen atoms in total. The molecule has 0 aliphatic heterocycles. The van der Waals surface area contributed by atoms with Crippen molar-refractivity contribution in [1.29, 1.82) is 0 Å². The van der Waals surface area contributed by atoms with Gasteiger partial charge in [-0.05, 0) is 55.9 Å². The zero-order chi connectivity index (χ0) is 10.7. The van der Waals surface area contributed by atoms with Gasteiger partial charge in [0.1, 0.15) is 11.9 Å². The molecule has 0 aromatic heterocycles. The highest BCUT2D eigenvalue weighted by atomic mass is 16.5. The molecule has 0 fully saturated rings. The molecule has 1 aromatic rings. The third-order valence-corrected chi connectivity index (χ3v) is 2.99. The van der Waals surface area contributed by atoms with E-state index in [1.807, 2.05) is 6.92 Å². The summed E-state index contributed by atoms with van der Waals surface area (Å²) in [5.41, 5.74) is 8.49. The molecule has 15 heavy (non-hydrogen) atoms. The first kappa shape index (κ1) is 10.5. The summed E-state index contributed by atoms with van der Waals surface area (Å²) in [6.45, 7) is 2.57. The maximum Gasteiger partial charge on any atom is 0.120 e. The lowest BCUT2D eigenvalue weighted by molar-refractivity contribution is 0.229. The number of hydrogen-bond acceptors (Lipinski definition) is 2. The molecule has 2 rings (SSSR count). The van der Waals surface area contributed by atoms with Gasteiger partial charge in [-0.25, -0.2) is 0 Å². The second-order valence-corrected chi connectivity index (χ2v) is 4.30. The number of rotatable bonds is 3. The average Bonchev–Trinajstić information content (AvgIpc) is 2.29. The van der Waals surface area contributed by atoms with Crippen molar-refractivity contribution in [3.63, 3.8) is 0 Å². The molecule has 0 saturated carbocycles. The molecule has 1 aliphatic rings. The minimum Gasteiger partial charge on any atom is -0.489 e. The van der Waals surface area contributed by atoms with E-state index in [2.05, 4.69) is 18.2 Å². The molecule has 0 radical (unpaired) electrons. The zero-order valence-electron chi connectivity index (χ0n) is 9.33. The van der Waals surface area contributed by atoms with Crippen molar-refractivity contribution >= 4 is 0 Å². The summed E-state index contributed by atoms with van der Waals surface area (Å²) < 4.78 is 5.70. The molecule has 1 unspecified atom stereocenters. The molecule has 2 N–H and O–H groups in total. The van der Waals surface area contributed by atoms with Crippen LogP contribution >= 0.6 is 0 Å². The van der Waals surface area contributed by atoms with Crippen LogP contribution in [-0.2, 0) is 12.8 Å².